The molecule has 0 heterocycles. The topological polar surface area (TPSA) is 99.1 Å². The Bertz CT molecular complexity index is 747. The maximum atomic E-state index is 12.5. The second-order valence-corrected chi connectivity index (χ2v) is 13.1. The summed E-state index contributed by atoms with van der Waals surface area (Å²) in [6.07, 6.45) is 25.6. The molecule has 0 rings (SSSR count). The Kier molecular flexibility index (Phi) is 27.3. The number of hydrogen-bond donors (Lipinski definition) is 1. The number of unbranched alkanes of at least 4 members (excludes halogenated alkanes) is 15. The number of carbonyl (C=O) groups excluding carboxylic acids is 2. The van der Waals surface area contributed by atoms with Crippen molar-refractivity contribution in [3.63, 3.8) is 0 Å². The molecule has 44 heavy (non-hydrogen) atoms. The highest BCUT2D eigenvalue weighted by Crippen LogP contribution is 2.13. The minimum Gasteiger partial charge on any atom is -0.477 e. The van der Waals surface area contributed by atoms with Crippen LogP contribution in [0, 0.1) is 0 Å². The molecule has 0 aromatic rings. The smallest absolute Gasteiger partial charge is 0.362 e. The lowest BCUT2D eigenvalue weighted by molar-refractivity contribution is -0.887. The van der Waals surface area contributed by atoms with Crippen molar-refractivity contribution in [3.05, 3.63) is 12.2 Å². The quantitative estimate of drug-likeness (QED) is 0.0357. The van der Waals surface area contributed by atoms with Gasteiger partial charge in [-0.2, -0.15) is 0 Å². The summed E-state index contributed by atoms with van der Waals surface area (Å²) in [5.41, 5.74) is 0. The molecule has 0 saturated heterocycles. The number of quaternary nitrogens is 1. The summed E-state index contributed by atoms with van der Waals surface area (Å²) in [5, 5.41) is 9.54. The molecule has 0 aliphatic rings. The van der Waals surface area contributed by atoms with E-state index in [-0.39, 0.29) is 42.7 Å². The molecule has 0 aromatic heterocycles. The fraction of sp³-hybridized carbons (Fsp3) is 0.861. The third-order valence-corrected chi connectivity index (χ3v) is 7.93. The maximum Gasteiger partial charge on any atom is 0.362 e. The first-order valence-electron chi connectivity index (χ1n) is 17.7. The van der Waals surface area contributed by atoms with E-state index < -0.39 is 18.1 Å². The molecule has 0 amide bonds. The Morgan fingerprint density at radius 2 is 1.18 bits per heavy atom. The number of carboxylic acid groups (broad SMARTS) is 1. The van der Waals surface area contributed by atoms with Gasteiger partial charge < -0.3 is 23.8 Å². The molecule has 258 valence electrons. The fourth-order valence-corrected chi connectivity index (χ4v) is 5.11. The molecule has 8 heteroatoms. The van der Waals surface area contributed by atoms with Crippen LogP contribution in [0.2, 0.25) is 0 Å². The standard InChI is InChI=1S/C36H67NO7/c1-6-8-10-12-14-16-17-18-19-21-22-24-26-34(38)43-31-32(30-42-29-28-33(36(40)41)37(3,4)5)44-35(39)27-25-23-20-15-13-11-9-7-2/h20,23,32-33H,6-19,21-22,24-31H2,1-5H3/p+1/b23-20+. The molecule has 2 atom stereocenters. The summed E-state index contributed by atoms with van der Waals surface area (Å²) >= 11 is 0. The van der Waals surface area contributed by atoms with Gasteiger partial charge in [-0.25, -0.2) is 4.79 Å². The van der Waals surface area contributed by atoms with Gasteiger partial charge in [0.15, 0.2) is 12.1 Å². The van der Waals surface area contributed by atoms with E-state index in [4.69, 9.17) is 14.2 Å². The van der Waals surface area contributed by atoms with Crippen molar-refractivity contribution in [1.82, 2.24) is 0 Å². The Morgan fingerprint density at radius 1 is 0.659 bits per heavy atom. The van der Waals surface area contributed by atoms with Gasteiger partial charge in [0.25, 0.3) is 0 Å². The monoisotopic (exact) mass is 626 g/mol. The molecule has 2 unspecified atom stereocenters. The summed E-state index contributed by atoms with van der Waals surface area (Å²) < 4.78 is 17.1. The van der Waals surface area contributed by atoms with Crippen molar-refractivity contribution >= 4 is 17.9 Å². The molecule has 8 nitrogen and oxygen atoms in total. The number of carbonyl (C=O) groups is 3. The van der Waals surface area contributed by atoms with Crippen LogP contribution < -0.4 is 0 Å². The van der Waals surface area contributed by atoms with E-state index in [1.807, 2.05) is 27.2 Å². The average Bonchev–Trinajstić information content (AvgIpc) is 2.96. The van der Waals surface area contributed by atoms with Crippen molar-refractivity contribution in [2.45, 2.75) is 161 Å². The summed E-state index contributed by atoms with van der Waals surface area (Å²) in [5.74, 6) is -1.53. The number of likely N-dealkylation sites (N-methyl/N-ethyl adjacent to an activating group) is 1. The van der Waals surface area contributed by atoms with Crippen LogP contribution in [-0.2, 0) is 28.6 Å². The van der Waals surface area contributed by atoms with Crippen molar-refractivity contribution in [3.8, 4) is 0 Å². The van der Waals surface area contributed by atoms with Gasteiger partial charge in [-0.15, -0.1) is 0 Å². The van der Waals surface area contributed by atoms with Gasteiger partial charge in [0.1, 0.15) is 6.61 Å². The summed E-state index contributed by atoms with van der Waals surface area (Å²) in [6, 6.07) is -0.613. The first-order chi connectivity index (χ1) is 21.1. The summed E-state index contributed by atoms with van der Waals surface area (Å²) in [6.45, 7) is 4.63. The zero-order chi connectivity index (χ0) is 32.9. The van der Waals surface area contributed by atoms with E-state index in [1.54, 1.807) is 0 Å². The van der Waals surface area contributed by atoms with Crippen LogP contribution in [0.3, 0.4) is 0 Å². The SMILES string of the molecule is CCCCCC/C=C/CCC(=O)OC(COCCC(C(=O)O)[N+](C)(C)C)COC(=O)CCCCCCCCCCCCCC. The highest BCUT2D eigenvalue weighted by molar-refractivity contribution is 5.72. The maximum absolute atomic E-state index is 12.5. The molecule has 0 aliphatic carbocycles. The van der Waals surface area contributed by atoms with Gasteiger partial charge in [-0.05, 0) is 25.7 Å². The molecular weight excluding hydrogens is 558 g/mol. The number of nitrogens with zero attached hydrogens (tertiary/aromatic N) is 1. The molecule has 0 aliphatic heterocycles. The lowest BCUT2D eigenvalue weighted by Crippen LogP contribution is -2.50. The van der Waals surface area contributed by atoms with Gasteiger partial charge in [0.05, 0.1) is 34.4 Å². The third kappa shape index (κ3) is 26.5. The van der Waals surface area contributed by atoms with Crippen molar-refractivity contribution in [2.24, 2.45) is 0 Å². The van der Waals surface area contributed by atoms with Crippen LogP contribution in [0.4, 0.5) is 0 Å². The molecule has 0 saturated carbocycles. The molecule has 0 radical (unpaired) electrons. The number of allylic oxidation sites excluding steroid dienone is 2. The molecule has 0 fully saturated rings. The molecule has 0 aromatic carbocycles. The van der Waals surface area contributed by atoms with E-state index in [0.29, 0.717) is 19.3 Å². The Morgan fingerprint density at radius 3 is 1.73 bits per heavy atom. The minimum atomic E-state index is -0.880. The Hall–Kier alpha value is -1.93. The van der Waals surface area contributed by atoms with Crippen LogP contribution in [0.1, 0.15) is 149 Å². The van der Waals surface area contributed by atoms with E-state index in [1.165, 1.54) is 77.0 Å². The average molecular weight is 627 g/mol. The fourth-order valence-electron chi connectivity index (χ4n) is 5.11. The largest absolute Gasteiger partial charge is 0.477 e. The second kappa shape index (κ2) is 28.5. The Balaban J connectivity index is 4.45. The predicted molar refractivity (Wildman–Crippen MR) is 179 cm³/mol. The lowest BCUT2D eigenvalue weighted by Gasteiger charge is -2.31. The first kappa shape index (κ1) is 42.1. The van der Waals surface area contributed by atoms with Gasteiger partial charge in [-0.3, -0.25) is 9.59 Å². The van der Waals surface area contributed by atoms with Crippen LogP contribution in [0.5, 0.6) is 0 Å². The van der Waals surface area contributed by atoms with Crippen molar-refractivity contribution < 1.29 is 38.2 Å². The van der Waals surface area contributed by atoms with Crippen LogP contribution in [0.25, 0.3) is 0 Å². The molecule has 0 spiro atoms. The highest BCUT2D eigenvalue weighted by Gasteiger charge is 2.31. The van der Waals surface area contributed by atoms with Crippen LogP contribution >= 0.6 is 0 Å². The number of carboxylic acids is 1. The summed E-state index contributed by atoms with van der Waals surface area (Å²) in [4.78, 5) is 36.5. The van der Waals surface area contributed by atoms with Gasteiger partial charge >= 0.3 is 17.9 Å². The molecule has 1 N–H and O–H groups in total. The van der Waals surface area contributed by atoms with Crippen LogP contribution in [-0.4, -0.2) is 80.6 Å². The Labute approximate surface area is 269 Å². The molecule has 0 bridgehead atoms. The number of aliphatic carboxylic acids is 1. The van der Waals surface area contributed by atoms with Crippen LogP contribution in [0.15, 0.2) is 12.2 Å². The lowest BCUT2D eigenvalue weighted by atomic mass is 10.0. The van der Waals surface area contributed by atoms with Gasteiger partial charge in [-0.1, -0.05) is 116 Å². The molecular formula is C36H68NO7+. The zero-order valence-electron chi connectivity index (χ0n) is 29.1. The van der Waals surface area contributed by atoms with Crippen molar-refractivity contribution in [1.29, 1.82) is 0 Å². The van der Waals surface area contributed by atoms with E-state index in [2.05, 4.69) is 19.9 Å². The van der Waals surface area contributed by atoms with E-state index in [0.717, 1.165) is 32.1 Å². The zero-order valence-corrected chi connectivity index (χ0v) is 29.1. The normalized spacial score (nSPS) is 13.2. The van der Waals surface area contributed by atoms with Crippen molar-refractivity contribution in [2.75, 3.05) is 41.0 Å². The number of hydrogen-bond acceptors (Lipinski definition) is 6. The number of esters is 2. The second-order valence-electron chi connectivity index (χ2n) is 13.1. The minimum absolute atomic E-state index is 0.0500. The highest BCUT2D eigenvalue weighted by atomic mass is 16.6. The van der Waals surface area contributed by atoms with E-state index in [9.17, 15) is 19.5 Å². The number of rotatable bonds is 31. The van der Waals surface area contributed by atoms with Gasteiger partial charge in [0.2, 0.25) is 0 Å². The number of ether oxygens (including phenoxy) is 3. The van der Waals surface area contributed by atoms with Gasteiger partial charge in [0, 0.05) is 19.3 Å². The predicted octanol–water partition coefficient (Wildman–Crippen LogP) is 8.41. The third-order valence-electron chi connectivity index (χ3n) is 7.93. The first-order valence-corrected chi connectivity index (χ1v) is 17.7. The summed E-state index contributed by atoms with van der Waals surface area (Å²) in [7, 11) is 5.50. The van der Waals surface area contributed by atoms with E-state index >= 15 is 0 Å².